The SMILES string of the molecule is CCCC(N)NC(N)=S.Cl.Cl. The lowest BCUT2D eigenvalue weighted by atomic mass is 10.3. The van der Waals surface area contributed by atoms with Gasteiger partial charge in [-0.25, -0.2) is 0 Å². The van der Waals surface area contributed by atoms with Gasteiger partial charge in [0.1, 0.15) is 0 Å². The van der Waals surface area contributed by atoms with Crippen molar-refractivity contribution in [3.8, 4) is 0 Å². The number of hydrogen-bond donors (Lipinski definition) is 3. The van der Waals surface area contributed by atoms with E-state index in [0.29, 0.717) is 0 Å². The molecule has 0 saturated heterocycles. The molecule has 0 aromatic carbocycles. The number of thiocarbonyl (C=S) groups is 1. The van der Waals surface area contributed by atoms with Crippen LogP contribution in [0.1, 0.15) is 19.8 Å². The summed E-state index contributed by atoms with van der Waals surface area (Å²) in [5.41, 5.74) is 10.7. The van der Waals surface area contributed by atoms with Gasteiger partial charge in [-0.05, 0) is 18.6 Å². The fourth-order valence-corrected chi connectivity index (χ4v) is 0.717. The van der Waals surface area contributed by atoms with Gasteiger partial charge in [-0.2, -0.15) is 0 Å². The summed E-state index contributed by atoms with van der Waals surface area (Å²) < 4.78 is 0. The number of hydrogen-bond acceptors (Lipinski definition) is 2. The zero-order chi connectivity index (χ0) is 7.28. The number of rotatable bonds is 3. The van der Waals surface area contributed by atoms with Gasteiger partial charge in [0.25, 0.3) is 0 Å². The molecule has 0 aliphatic rings. The van der Waals surface area contributed by atoms with E-state index in [4.69, 9.17) is 11.5 Å². The minimum atomic E-state index is -0.0764. The highest BCUT2D eigenvalue weighted by atomic mass is 35.5. The maximum atomic E-state index is 5.51. The fourth-order valence-electron chi connectivity index (χ4n) is 0.566. The van der Waals surface area contributed by atoms with E-state index >= 15 is 0 Å². The molecule has 0 fully saturated rings. The van der Waals surface area contributed by atoms with Crippen molar-refractivity contribution in [3.63, 3.8) is 0 Å². The van der Waals surface area contributed by atoms with E-state index in [1.54, 1.807) is 0 Å². The molecule has 70 valence electrons. The lowest BCUT2D eigenvalue weighted by Crippen LogP contribution is -2.43. The van der Waals surface area contributed by atoms with E-state index in [1.165, 1.54) is 0 Å². The standard InChI is InChI=1S/C5H13N3S.2ClH/c1-2-3-4(6)8-5(7)9;;/h4H,2-3,6H2,1H3,(H3,7,8,9);2*1H. The lowest BCUT2D eigenvalue weighted by Gasteiger charge is -2.11. The smallest absolute Gasteiger partial charge is 0.164 e. The molecular formula is C5H15Cl2N3S. The molecule has 0 heterocycles. The number of nitrogens with two attached hydrogens (primary N) is 2. The summed E-state index contributed by atoms with van der Waals surface area (Å²) in [6.45, 7) is 2.06. The summed E-state index contributed by atoms with van der Waals surface area (Å²) in [5.74, 6) is 0. The van der Waals surface area contributed by atoms with Crippen LogP contribution in [0.5, 0.6) is 0 Å². The molecule has 1 unspecified atom stereocenters. The van der Waals surface area contributed by atoms with Gasteiger partial charge in [0.2, 0.25) is 0 Å². The molecule has 6 heteroatoms. The van der Waals surface area contributed by atoms with E-state index in [0.717, 1.165) is 12.8 Å². The molecule has 0 aromatic rings. The molecule has 0 saturated carbocycles. The normalized spacial score (nSPS) is 10.4. The molecule has 0 aliphatic carbocycles. The first-order valence-corrected chi connectivity index (χ1v) is 3.39. The van der Waals surface area contributed by atoms with Gasteiger partial charge in [0.05, 0.1) is 6.17 Å². The molecule has 0 aromatic heterocycles. The Morgan fingerprint density at radius 3 is 2.27 bits per heavy atom. The first kappa shape index (κ1) is 17.4. The van der Waals surface area contributed by atoms with Crippen LogP contribution in [0.15, 0.2) is 0 Å². The van der Waals surface area contributed by atoms with Crippen molar-refractivity contribution in [2.45, 2.75) is 25.9 Å². The van der Waals surface area contributed by atoms with Crippen LogP contribution in [0.4, 0.5) is 0 Å². The fraction of sp³-hybridized carbons (Fsp3) is 0.800. The van der Waals surface area contributed by atoms with E-state index in [-0.39, 0.29) is 36.1 Å². The maximum absolute atomic E-state index is 5.51. The second-order valence-corrected chi connectivity index (χ2v) is 2.34. The van der Waals surface area contributed by atoms with Crippen molar-refractivity contribution in [1.82, 2.24) is 5.32 Å². The van der Waals surface area contributed by atoms with Gasteiger partial charge in [-0.1, -0.05) is 13.3 Å². The maximum Gasteiger partial charge on any atom is 0.164 e. The van der Waals surface area contributed by atoms with Crippen molar-refractivity contribution in [2.24, 2.45) is 11.5 Å². The topological polar surface area (TPSA) is 64.1 Å². The van der Waals surface area contributed by atoms with E-state index in [1.807, 2.05) is 0 Å². The molecule has 0 rings (SSSR count). The molecule has 0 spiro atoms. The van der Waals surface area contributed by atoms with Gasteiger partial charge in [-0.15, -0.1) is 24.8 Å². The minimum absolute atomic E-state index is 0. The van der Waals surface area contributed by atoms with E-state index in [2.05, 4.69) is 24.5 Å². The van der Waals surface area contributed by atoms with Crippen molar-refractivity contribution in [1.29, 1.82) is 0 Å². The van der Waals surface area contributed by atoms with Crippen LogP contribution in [0.3, 0.4) is 0 Å². The summed E-state index contributed by atoms with van der Waals surface area (Å²) in [6.07, 6.45) is 1.86. The summed E-state index contributed by atoms with van der Waals surface area (Å²) in [4.78, 5) is 0. The van der Waals surface area contributed by atoms with Crippen LogP contribution in [0, 0.1) is 0 Å². The molecule has 5 N–H and O–H groups in total. The largest absolute Gasteiger partial charge is 0.376 e. The second-order valence-electron chi connectivity index (χ2n) is 1.90. The average molecular weight is 220 g/mol. The van der Waals surface area contributed by atoms with Crippen LogP contribution in [0.25, 0.3) is 0 Å². The van der Waals surface area contributed by atoms with Crippen molar-refractivity contribution in [2.75, 3.05) is 0 Å². The summed E-state index contributed by atoms with van der Waals surface area (Å²) >= 11 is 4.57. The molecule has 0 aliphatic heterocycles. The second kappa shape index (κ2) is 10.2. The first-order valence-electron chi connectivity index (χ1n) is 2.98. The predicted molar refractivity (Wildman–Crippen MR) is 57.3 cm³/mol. The predicted octanol–water partition coefficient (Wildman–Crippen LogP) is 0.748. The van der Waals surface area contributed by atoms with Crippen molar-refractivity contribution in [3.05, 3.63) is 0 Å². The zero-order valence-corrected chi connectivity index (χ0v) is 8.82. The highest BCUT2D eigenvalue weighted by Gasteiger charge is 1.97. The Hall–Kier alpha value is 0.230. The van der Waals surface area contributed by atoms with Crippen LogP contribution in [0.2, 0.25) is 0 Å². The Labute approximate surface area is 85.1 Å². The summed E-state index contributed by atoms with van der Waals surface area (Å²) in [6, 6.07) is 0. The van der Waals surface area contributed by atoms with Gasteiger partial charge in [-0.3, -0.25) is 0 Å². The molecule has 0 amide bonds. The van der Waals surface area contributed by atoms with Gasteiger partial charge < -0.3 is 16.8 Å². The number of nitrogens with one attached hydrogen (secondary N) is 1. The monoisotopic (exact) mass is 219 g/mol. The van der Waals surface area contributed by atoms with Crippen LogP contribution < -0.4 is 16.8 Å². The van der Waals surface area contributed by atoms with E-state index in [9.17, 15) is 0 Å². The quantitative estimate of drug-likeness (QED) is 0.485. The Kier molecular flexibility index (Phi) is 16.1. The Bertz CT molecular complexity index is 102. The average Bonchev–Trinajstić information content (AvgIpc) is 1.63. The minimum Gasteiger partial charge on any atom is -0.376 e. The summed E-state index contributed by atoms with van der Waals surface area (Å²) in [5, 5.41) is 3.00. The Balaban J connectivity index is -0.000000320. The lowest BCUT2D eigenvalue weighted by molar-refractivity contribution is 0.574. The molecular weight excluding hydrogens is 205 g/mol. The highest BCUT2D eigenvalue weighted by Crippen LogP contribution is 1.87. The third-order valence-corrected chi connectivity index (χ3v) is 1.05. The molecule has 0 bridgehead atoms. The van der Waals surface area contributed by atoms with E-state index < -0.39 is 0 Å². The third kappa shape index (κ3) is 13.3. The van der Waals surface area contributed by atoms with Crippen LogP contribution in [-0.4, -0.2) is 11.3 Å². The zero-order valence-electron chi connectivity index (χ0n) is 6.37. The molecule has 1 atom stereocenters. The van der Waals surface area contributed by atoms with Gasteiger partial charge in [0.15, 0.2) is 5.11 Å². The van der Waals surface area contributed by atoms with Crippen molar-refractivity contribution < 1.29 is 0 Å². The number of halogens is 2. The van der Waals surface area contributed by atoms with Gasteiger partial charge >= 0.3 is 0 Å². The Morgan fingerprint density at radius 2 is 2.00 bits per heavy atom. The first-order chi connectivity index (χ1) is 4.16. The summed E-state index contributed by atoms with van der Waals surface area (Å²) in [7, 11) is 0. The van der Waals surface area contributed by atoms with Crippen LogP contribution in [-0.2, 0) is 0 Å². The van der Waals surface area contributed by atoms with Crippen LogP contribution >= 0.6 is 37.0 Å². The third-order valence-electron chi connectivity index (χ3n) is 0.927. The molecule has 0 radical (unpaired) electrons. The molecule has 3 nitrogen and oxygen atoms in total. The molecule has 11 heavy (non-hydrogen) atoms. The highest BCUT2D eigenvalue weighted by molar-refractivity contribution is 7.80. The van der Waals surface area contributed by atoms with Gasteiger partial charge in [0, 0.05) is 0 Å². The van der Waals surface area contributed by atoms with Crippen molar-refractivity contribution >= 4 is 42.1 Å². The Morgan fingerprint density at radius 1 is 1.55 bits per heavy atom.